The van der Waals surface area contributed by atoms with Gasteiger partial charge in [-0.2, -0.15) is 5.10 Å². The van der Waals surface area contributed by atoms with Crippen molar-refractivity contribution < 1.29 is 4.74 Å². The molecule has 4 aromatic rings. The van der Waals surface area contributed by atoms with Crippen LogP contribution in [0.3, 0.4) is 0 Å². The Morgan fingerprint density at radius 1 is 1.23 bits per heavy atom. The van der Waals surface area contributed by atoms with Crippen LogP contribution in [0.5, 0.6) is 0 Å². The second kappa shape index (κ2) is 8.37. The molecule has 0 aliphatic carbocycles. The topological polar surface area (TPSA) is 90.9 Å². The fourth-order valence-corrected chi connectivity index (χ4v) is 5.58. The number of benzene rings is 1. The van der Waals surface area contributed by atoms with E-state index in [2.05, 4.69) is 33.6 Å². The molecule has 1 saturated heterocycles. The van der Waals surface area contributed by atoms with Gasteiger partial charge in [0.25, 0.3) is 0 Å². The predicted octanol–water partition coefficient (Wildman–Crippen LogP) is 3.95. The van der Waals surface area contributed by atoms with E-state index in [1.54, 1.807) is 17.5 Å². The third kappa shape index (κ3) is 3.71. The van der Waals surface area contributed by atoms with E-state index in [1.165, 1.54) is 4.88 Å². The number of thiazole rings is 1. The molecular weight excluding hydrogens is 408 g/mol. The molecule has 8 heteroatoms. The van der Waals surface area contributed by atoms with Crippen LogP contribution in [-0.2, 0) is 18.3 Å². The van der Waals surface area contributed by atoms with Crippen molar-refractivity contribution in [2.24, 2.45) is 7.05 Å². The van der Waals surface area contributed by atoms with Gasteiger partial charge >= 0.3 is 0 Å². The highest BCUT2D eigenvalue weighted by Crippen LogP contribution is 2.40. The van der Waals surface area contributed by atoms with Crippen molar-refractivity contribution in [3.63, 3.8) is 0 Å². The summed E-state index contributed by atoms with van der Waals surface area (Å²) in [6, 6.07) is 8.33. The molecule has 3 aromatic heterocycles. The molecule has 0 bridgehead atoms. The van der Waals surface area contributed by atoms with Crippen molar-refractivity contribution in [3.05, 3.63) is 47.2 Å². The number of fused-ring (bicyclic) bond motifs is 1. The number of aryl methyl sites for hydroxylation is 1. The molecule has 3 N–H and O–H groups in total. The summed E-state index contributed by atoms with van der Waals surface area (Å²) in [5.74, 6) is 1.03. The maximum absolute atomic E-state index is 6.29. The molecule has 1 fully saturated rings. The van der Waals surface area contributed by atoms with Crippen LogP contribution in [0.1, 0.15) is 29.3 Å². The van der Waals surface area contributed by atoms with Gasteiger partial charge in [-0.05, 0) is 43.3 Å². The lowest BCUT2D eigenvalue weighted by Crippen LogP contribution is -2.16. The summed E-state index contributed by atoms with van der Waals surface area (Å²) in [6.07, 6.45) is 5.76. The smallest absolute Gasteiger partial charge is 0.131 e. The van der Waals surface area contributed by atoms with Gasteiger partial charge < -0.3 is 15.8 Å². The first-order chi connectivity index (χ1) is 15.2. The minimum Gasteiger partial charge on any atom is -0.383 e. The van der Waals surface area contributed by atoms with Crippen LogP contribution in [0.4, 0.5) is 5.82 Å². The Labute approximate surface area is 185 Å². The normalized spacial score (nSPS) is 15.0. The molecule has 0 spiro atoms. The van der Waals surface area contributed by atoms with Gasteiger partial charge in [0.05, 0.1) is 11.4 Å². The molecule has 1 aliphatic rings. The Bertz CT molecular complexity index is 1220. The molecule has 1 aliphatic heterocycles. The third-order valence-corrected chi connectivity index (χ3v) is 7.22. The summed E-state index contributed by atoms with van der Waals surface area (Å²) in [4.78, 5) is 10.9. The Hall–Kier alpha value is -2.81. The number of nitrogen functional groups attached to an aromatic ring is 1. The molecule has 160 valence electrons. The van der Waals surface area contributed by atoms with Gasteiger partial charge in [0.2, 0.25) is 0 Å². The number of hydrogen-bond donors (Lipinski definition) is 2. The Kier molecular flexibility index (Phi) is 5.43. The molecule has 0 unspecified atom stereocenters. The van der Waals surface area contributed by atoms with Crippen molar-refractivity contribution in [2.45, 2.75) is 25.3 Å². The van der Waals surface area contributed by atoms with Crippen molar-refractivity contribution >= 4 is 27.9 Å². The number of nitrogens with zero attached hydrogens (tertiary/aromatic N) is 4. The van der Waals surface area contributed by atoms with Crippen molar-refractivity contribution in [1.29, 1.82) is 0 Å². The van der Waals surface area contributed by atoms with Crippen LogP contribution >= 0.6 is 11.3 Å². The molecule has 4 heterocycles. The average molecular weight is 435 g/mol. The molecule has 31 heavy (non-hydrogen) atoms. The van der Waals surface area contributed by atoms with E-state index in [0.717, 1.165) is 70.9 Å². The van der Waals surface area contributed by atoms with E-state index in [-0.39, 0.29) is 0 Å². The second-order valence-corrected chi connectivity index (χ2v) is 8.94. The Balaban J connectivity index is 1.61. The maximum Gasteiger partial charge on any atom is 0.131 e. The lowest BCUT2D eigenvalue weighted by Gasteiger charge is -2.21. The SMILES string of the molecule is CNCc1nc(-c2cnc(N)c3cc(-c4ccnn4C)ccc23)sc1C1CCOCC1. The number of aromatic nitrogens is 4. The van der Waals surface area contributed by atoms with Crippen LogP contribution in [0.15, 0.2) is 36.7 Å². The molecule has 0 amide bonds. The lowest BCUT2D eigenvalue weighted by atomic mass is 9.97. The molecule has 1 aromatic carbocycles. The number of ether oxygens (including phenoxy) is 1. The first-order valence-corrected chi connectivity index (χ1v) is 11.4. The average Bonchev–Trinajstić information content (AvgIpc) is 3.41. The Morgan fingerprint density at radius 2 is 2.06 bits per heavy atom. The van der Waals surface area contributed by atoms with Crippen LogP contribution in [-0.4, -0.2) is 40.0 Å². The van der Waals surface area contributed by atoms with E-state index in [9.17, 15) is 0 Å². The van der Waals surface area contributed by atoms with Crippen LogP contribution in [0, 0.1) is 0 Å². The highest BCUT2D eigenvalue weighted by molar-refractivity contribution is 7.15. The van der Waals surface area contributed by atoms with Gasteiger partial charge in [0, 0.05) is 60.6 Å². The molecule has 0 atom stereocenters. The summed E-state index contributed by atoms with van der Waals surface area (Å²) in [6.45, 7) is 2.40. The largest absolute Gasteiger partial charge is 0.383 e. The number of nitrogens with one attached hydrogen (secondary N) is 1. The first-order valence-electron chi connectivity index (χ1n) is 10.5. The fraction of sp³-hybridized carbons (Fsp3) is 0.348. The van der Waals surface area contributed by atoms with Gasteiger partial charge in [-0.25, -0.2) is 9.97 Å². The minimum absolute atomic E-state index is 0.507. The van der Waals surface area contributed by atoms with E-state index >= 15 is 0 Å². The van der Waals surface area contributed by atoms with Gasteiger partial charge in [0.1, 0.15) is 10.8 Å². The summed E-state index contributed by atoms with van der Waals surface area (Å²) in [5, 5.41) is 10.6. The maximum atomic E-state index is 6.29. The van der Waals surface area contributed by atoms with Crippen molar-refractivity contribution in [2.75, 3.05) is 26.0 Å². The van der Waals surface area contributed by atoms with Gasteiger partial charge in [-0.3, -0.25) is 4.68 Å². The molecule has 0 radical (unpaired) electrons. The summed E-state index contributed by atoms with van der Waals surface area (Å²) >= 11 is 1.78. The number of anilines is 1. The second-order valence-electron chi connectivity index (χ2n) is 7.90. The zero-order valence-corrected chi connectivity index (χ0v) is 18.6. The number of hydrogen-bond acceptors (Lipinski definition) is 7. The quantitative estimate of drug-likeness (QED) is 0.494. The number of pyridine rings is 1. The van der Waals surface area contributed by atoms with E-state index < -0.39 is 0 Å². The zero-order valence-electron chi connectivity index (χ0n) is 17.8. The molecule has 0 saturated carbocycles. The predicted molar refractivity (Wildman–Crippen MR) is 125 cm³/mol. The van der Waals surface area contributed by atoms with Crippen LogP contribution in [0.2, 0.25) is 0 Å². The number of nitrogens with two attached hydrogens (primary N) is 1. The standard InChI is InChI=1S/C23H26N6OS/c1-25-13-19-21(14-6-9-30-10-7-14)31-23(28-19)18-12-26-22(24)17-11-15(3-4-16(17)18)20-5-8-27-29(20)2/h3-5,8,11-12,14,25H,6-7,9-10,13H2,1-2H3,(H2,24,26). The summed E-state index contributed by atoms with van der Waals surface area (Å²) in [5.41, 5.74) is 10.6. The van der Waals surface area contributed by atoms with Gasteiger partial charge in [-0.15, -0.1) is 11.3 Å². The highest BCUT2D eigenvalue weighted by Gasteiger charge is 2.24. The summed E-state index contributed by atoms with van der Waals surface area (Å²) < 4.78 is 7.43. The van der Waals surface area contributed by atoms with E-state index in [4.69, 9.17) is 15.5 Å². The number of rotatable bonds is 5. The molecule has 7 nitrogen and oxygen atoms in total. The third-order valence-electron chi connectivity index (χ3n) is 5.93. The Morgan fingerprint density at radius 3 is 2.81 bits per heavy atom. The van der Waals surface area contributed by atoms with Crippen molar-refractivity contribution in [3.8, 4) is 21.8 Å². The fourth-order valence-electron chi connectivity index (χ4n) is 4.30. The van der Waals surface area contributed by atoms with Gasteiger partial charge in [0.15, 0.2) is 0 Å². The highest BCUT2D eigenvalue weighted by atomic mass is 32.1. The summed E-state index contributed by atoms with van der Waals surface area (Å²) in [7, 11) is 3.90. The van der Waals surface area contributed by atoms with Gasteiger partial charge in [-0.1, -0.05) is 12.1 Å². The van der Waals surface area contributed by atoms with E-state index in [1.807, 2.05) is 31.0 Å². The lowest BCUT2D eigenvalue weighted by molar-refractivity contribution is 0.0858. The van der Waals surface area contributed by atoms with Crippen molar-refractivity contribution in [1.82, 2.24) is 25.1 Å². The van der Waals surface area contributed by atoms with E-state index in [0.29, 0.717) is 11.7 Å². The molecular formula is C23H26N6OS. The van der Waals surface area contributed by atoms with Crippen LogP contribution < -0.4 is 11.1 Å². The zero-order chi connectivity index (χ0) is 21.4. The van der Waals surface area contributed by atoms with Crippen LogP contribution in [0.25, 0.3) is 32.6 Å². The monoisotopic (exact) mass is 434 g/mol. The minimum atomic E-state index is 0.507. The molecule has 5 rings (SSSR count). The first kappa shape index (κ1) is 20.1.